The minimum absolute atomic E-state index is 0.191. The summed E-state index contributed by atoms with van der Waals surface area (Å²) in [5, 5.41) is 7.17. The molecule has 3 rings (SSSR count). The Balaban J connectivity index is 1.48. The number of halogens is 2. The van der Waals surface area contributed by atoms with E-state index in [1.165, 1.54) is 12.1 Å². The molecule has 2 aromatic rings. The molecule has 0 bridgehead atoms. The third kappa shape index (κ3) is 5.74. The third-order valence-corrected chi connectivity index (χ3v) is 4.96. The topological polar surface area (TPSA) is 64.1 Å². The Kier molecular flexibility index (Phi) is 7.55. The van der Waals surface area contributed by atoms with Crippen molar-refractivity contribution in [1.82, 2.24) is 10.6 Å². The summed E-state index contributed by atoms with van der Waals surface area (Å²) < 4.78 is 29.8. The van der Waals surface area contributed by atoms with Crippen LogP contribution in [0.4, 0.5) is 4.39 Å². The molecular weight excluding hydrogens is 397 g/mol. The number of nitrogens with one attached hydrogen (secondary N) is 2. The second-order valence-electron chi connectivity index (χ2n) is 6.55. The number of hydrogen-bond acceptors (Lipinski definition) is 4. The maximum absolute atomic E-state index is 13.8. The van der Waals surface area contributed by atoms with Crippen molar-refractivity contribution in [3.63, 3.8) is 0 Å². The lowest BCUT2D eigenvalue weighted by Crippen LogP contribution is -2.39. The van der Waals surface area contributed by atoms with Gasteiger partial charge in [-0.25, -0.2) is 4.39 Å². The lowest BCUT2D eigenvalue weighted by Gasteiger charge is -2.21. The van der Waals surface area contributed by atoms with Gasteiger partial charge >= 0.3 is 0 Å². The Bertz CT molecular complexity index is 876. The highest BCUT2D eigenvalue weighted by molar-refractivity contribution is 6.31. The average molecular weight is 422 g/mol. The second-order valence-corrected chi connectivity index (χ2v) is 6.95. The van der Waals surface area contributed by atoms with E-state index in [-0.39, 0.29) is 12.6 Å². The molecule has 0 spiro atoms. The molecule has 2 aromatic carbocycles. The Morgan fingerprint density at radius 1 is 1.17 bits per heavy atom. The Labute approximate surface area is 175 Å². The summed E-state index contributed by atoms with van der Waals surface area (Å²) in [7, 11) is 3.32. The van der Waals surface area contributed by atoms with Crippen molar-refractivity contribution in [2.45, 2.75) is 19.4 Å². The molecule has 0 fully saturated rings. The normalized spacial score (nSPS) is 13.4. The Morgan fingerprint density at radius 3 is 2.62 bits per heavy atom. The number of nitrogens with zero attached hydrogens (tertiary/aromatic N) is 1. The molecule has 2 N–H and O–H groups in total. The summed E-state index contributed by atoms with van der Waals surface area (Å²) >= 11 is 6.27. The van der Waals surface area contributed by atoms with E-state index in [1.807, 2.05) is 12.1 Å². The van der Waals surface area contributed by atoms with Gasteiger partial charge in [-0.15, -0.1) is 0 Å². The van der Waals surface area contributed by atoms with Gasteiger partial charge in [0.25, 0.3) is 0 Å². The first-order valence-electron chi connectivity index (χ1n) is 9.39. The highest BCUT2D eigenvalue weighted by atomic mass is 35.5. The summed E-state index contributed by atoms with van der Waals surface area (Å²) in [6.07, 6.45) is 1.35. The first kappa shape index (κ1) is 21.2. The van der Waals surface area contributed by atoms with Crippen LogP contribution in [0.25, 0.3) is 0 Å². The fourth-order valence-electron chi connectivity index (χ4n) is 3.15. The SMILES string of the molecule is CN=C(NCCc1ccc(OC)cc1Cl)NCCc1cc(F)cc2c1OCOC2. The van der Waals surface area contributed by atoms with Crippen molar-refractivity contribution >= 4 is 17.6 Å². The number of methoxy groups -OCH3 is 1. The van der Waals surface area contributed by atoms with Crippen LogP contribution in [0, 0.1) is 5.82 Å². The summed E-state index contributed by atoms with van der Waals surface area (Å²) in [5.74, 6) is 1.84. The van der Waals surface area contributed by atoms with Crippen LogP contribution in [0.5, 0.6) is 11.5 Å². The van der Waals surface area contributed by atoms with Gasteiger partial charge in [0.05, 0.1) is 13.7 Å². The van der Waals surface area contributed by atoms with Crippen LogP contribution < -0.4 is 20.1 Å². The van der Waals surface area contributed by atoms with Gasteiger partial charge < -0.3 is 24.8 Å². The van der Waals surface area contributed by atoms with E-state index in [1.54, 1.807) is 20.2 Å². The van der Waals surface area contributed by atoms with Crippen LogP contribution in [0.2, 0.25) is 5.02 Å². The fourth-order valence-corrected chi connectivity index (χ4v) is 3.42. The number of hydrogen-bond donors (Lipinski definition) is 2. The first-order chi connectivity index (χ1) is 14.1. The van der Waals surface area contributed by atoms with Crippen LogP contribution in [-0.2, 0) is 24.2 Å². The molecule has 0 atom stereocenters. The first-order valence-corrected chi connectivity index (χ1v) is 9.77. The minimum atomic E-state index is -0.285. The molecule has 0 aromatic heterocycles. The summed E-state index contributed by atoms with van der Waals surface area (Å²) in [4.78, 5) is 4.22. The second kappa shape index (κ2) is 10.3. The molecule has 8 heteroatoms. The van der Waals surface area contributed by atoms with Gasteiger partial charge in [0.1, 0.15) is 17.3 Å². The van der Waals surface area contributed by atoms with E-state index in [0.717, 1.165) is 34.6 Å². The van der Waals surface area contributed by atoms with E-state index in [4.69, 9.17) is 25.8 Å². The van der Waals surface area contributed by atoms with Gasteiger partial charge in [-0.05, 0) is 48.2 Å². The average Bonchev–Trinajstić information content (AvgIpc) is 2.73. The van der Waals surface area contributed by atoms with E-state index >= 15 is 0 Å². The molecule has 1 aliphatic rings. The number of aliphatic imine (C=N–C) groups is 1. The van der Waals surface area contributed by atoms with Crippen LogP contribution in [0.3, 0.4) is 0 Å². The predicted molar refractivity (Wildman–Crippen MR) is 111 cm³/mol. The summed E-state index contributed by atoms with van der Waals surface area (Å²) in [6.45, 7) is 1.81. The minimum Gasteiger partial charge on any atom is -0.497 e. The molecule has 1 aliphatic heterocycles. The smallest absolute Gasteiger partial charge is 0.190 e. The van der Waals surface area contributed by atoms with Gasteiger partial charge in [-0.2, -0.15) is 0 Å². The van der Waals surface area contributed by atoms with E-state index in [0.29, 0.717) is 37.1 Å². The van der Waals surface area contributed by atoms with Crippen molar-refractivity contribution in [3.8, 4) is 11.5 Å². The maximum Gasteiger partial charge on any atom is 0.190 e. The summed E-state index contributed by atoms with van der Waals surface area (Å²) in [6, 6.07) is 8.61. The molecule has 29 heavy (non-hydrogen) atoms. The molecule has 0 amide bonds. The van der Waals surface area contributed by atoms with Crippen molar-refractivity contribution in [2.24, 2.45) is 4.99 Å². The zero-order valence-electron chi connectivity index (χ0n) is 16.6. The monoisotopic (exact) mass is 421 g/mol. The van der Waals surface area contributed by atoms with Crippen molar-refractivity contribution in [3.05, 3.63) is 57.9 Å². The van der Waals surface area contributed by atoms with E-state index < -0.39 is 0 Å². The van der Waals surface area contributed by atoms with Crippen LogP contribution in [0.1, 0.15) is 16.7 Å². The zero-order valence-corrected chi connectivity index (χ0v) is 17.3. The lowest BCUT2D eigenvalue weighted by atomic mass is 10.1. The van der Waals surface area contributed by atoms with Gasteiger partial charge in [-0.3, -0.25) is 4.99 Å². The molecule has 0 saturated heterocycles. The molecule has 0 radical (unpaired) electrons. The maximum atomic E-state index is 13.8. The number of rotatable bonds is 7. The zero-order chi connectivity index (χ0) is 20.6. The molecule has 156 valence electrons. The van der Waals surface area contributed by atoms with Gasteiger partial charge in [0.2, 0.25) is 0 Å². The quantitative estimate of drug-likeness (QED) is 0.530. The third-order valence-electron chi connectivity index (χ3n) is 4.61. The largest absolute Gasteiger partial charge is 0.497 e. The standard InChI is InChI=1S/C21H25ClFN3O3/c1-24-21(25-7-5-14-3-4-18(27-2)11-19(14)22)26-8-6-15-9-17(23)10-16-12-28-13-29-20(15)16/h3-4,9-11H,5-8,12-13H2,1-2H3,(H2,24,25,26). The molecule has 6 nitrogen and oxygen atoms in total. The predicted octanol–water partition coefficient (Wildman–Crippen LogP) is 3.30. The van der Waals surface area contributed by atoms with Crippen molar-refractivity contribution in [1.29, 1.82) is 0 Å². The van der Waals surface area contributed by atoms with Gasteiger partial charge in [-0.1, -0.05) is 17.7 Å². The van der Waals surface area contributed by atoms with Crippen molar-refractivity contribution < 1.29 is 18.6 Å². The highest BCUT2D eigenvalue weighted by Crippen LogP contribution is 2.29. The fraction of sp³-hybridized carbons (Fsp3) is 0.381. The number of ether oxygens (including phenoxy) is 3. The molecule has 0 unspecified atom stereocenters. The molecule has 1 heterocycles. The number of guanidine groups is 1. The number of fused-ring (bicyclic) bond motifs is 1. The van der Waals surface area contributed by atoms with Crippen LogP contribution in [0.15, 0.2) is 35.3 Å². The van der Waals surface area contributed by atoms with Crippen molar-refractivity contribution in [2.75, 3.05) is 34.0 Å². The highest BCUT2D eigenvalue weighted by Gasteiger charge is 2.16. The lowest BCUT2D eigenvalue weighted by molar-refractivity contribution is -0.0172. The van der Waals surface area contributed by atoms with Crippen LogP contribution >= 0.6 is 11.6 Å². The van der Waals surface area contributed by atoms with E-state index in [9.17, 15) is 4.39 Å². The Morgan fingerprint density at radius 2 is 1.93 bits per heavy atom. The molecular formula is C21H25ClFN3O3. The number of benzene rings is 2. The Hall–Kier alpha value is -2.51. The van der Waals surface area contributed by atoms with Gasteiger partial charge in [0, 0.05) is 30.7 Å². The summed E-state index contributed by atoms with van der Waals surface area (Å²) in [5.41, 5.74) is 2.59. The van der Waals surface area contributed by atoms with Gasteiger partial charge in [0.15, 0.2) is 12.8 Å². The molecule has 0 aliphatic carbocycles. The van der Waals surface area contributed by atoms with E-state index in [2.05, 4.69) is 15.6 Å². The van der Waals surface area contributed by atoms with Crippen LogP contribution in [-0.4, -0.2) is 40.0 Å². The molecule has 0 saturated carbocycles.